The van der Waals surface area contributed by atoms with Crippen molar-refractivity contribution < 1.29 is 4.79 Å². The van der Waals surface area contributed by atoms with Crippen molar-refractivity contribution in [3.8, 4) is 0 Å². The number of allylic oxidation sites excluding steroid dienone is 2. The summed E-state index contributed by atoms with van der Waals surface area (Å²) in [6.45, 7) is 37.2. The molecule has 202 valence electrons. The smallest absolute Gasteiger partial charge is 0.320 e. The monoisotopic (exact) mass is 473 g/mol. The molecule has 0 aromatic carbocycles. The number of nitrogens with zero attached hydrogens (tertiary/aromatic N) is 3. The van der Waals surface area contributed by atoms with Gasteiger partial charge < -0.3 is 20.0 Å². The lowest BCUT2D eigenvalue weighted by atomic mass is 10.3. The van der Waals surface area contributed by atoms with Crippen LogP contribution in [0, 0.1) is 0 Å². The van der Waals surface area contributed by atoms with Gasteiger partial charge in [-0.3, -0.25) is 0 Å². The van der Waals surface area contributed by atoms with E-state index in [1.54, 1.807) is 0 Å². The number of fused-ring (bicyclic) bond motifs is 1. The number of nitrogens with one attached hydrogen (secondary N) is 1. The van der Waals surface area contributed by atoms with Crippen LogP contribution in [0.3, 0.4) is 0 Å². The van der Waals surface area contributed by atoms with Gasteiger partial charge in [-0.1, -0.05) is 107 Å². The first-order chi connectivity index (χ1) is 16.0. The lowest BCUT2D eigenvalue weighted by molar-refractivity contribution is 0.142. The Balaban J connectivity index is -0.000000128. The quantitative estimate of drug-likeness (QED) is 0.407. The summed E-state index contributed by atoms with van der Waals surface area (Å²) < 4.78 is 0. The third-order valence-corrected chi connectivity index (χ3v) is 4.51. The van der Waals surface area contributed by atoms with Gasteiger partial charge in [-0.05, 0) is 34.6 Å². The van der Waals surface area contributed by atoms with Crippen molar-refractivity contribution in [1.29, 1.82) is 0 Å². The normalized spacial score (nSPS) is 17.1. The summed E-state index contributed by atoms with van der Waals surface area (Å²) in [7, 11) is 0. The van der Waals surface area contributed by atoms with E-state index in [0.29, 0.717) is 0 Å². The lowest BCUT2D eigenvalue weighted by Gasteiger charge is -2.29. The van der Waals surface area contributed by atoms with Crippen LogP contribution < -0.4 is 5.32 Å². The first kappa shape index (κ1) is 41.6. The number of likely N-dealkylation sites (N-methyl/N-ethyl adjacent to an activating group) is 3. The standard InChI is InChI=1S/C11H20N4O.C5H12.C4H8.4C2H6/c1-5-13-8(4)14(6-2)10-9(13)12-11(16)15(10)7-3;1-3-5-4-2;1-3-4-2;4*1-2/h9-10H,4-7H2,1-3H3,(H,12,16);3-5H2,1-2H3;3-4H,1-2H3;4*1-2H3/b;;4-3-;;;;. The second-order valence-corrected chi connectivity index (χ2v) is 6.10. The Morgan fingerprint density at radius 2 is 1.09 bits per heavy atom. The summed E-state index contributed by atoms with van der Waals surface area (Å²) >= 11 is 0. The van der Waals surface area contributed by atoms with Gasteiger partial charge in [0.2, 0.25) is 0 Å². The summed E-state index contributed by atoms with van der Waals surface area (Å²) in [6, 6.07) is 0.0295. The molecule has 1 N–H and O–H groups in total. The van der Waals surface area contributed by atoms with Crippen molar-refractivity contribution in [3.05, 3.63) is 24.6 Å². The van der Waals surface area contributed by atoms with Gasteiger partial charge in [-0.25, -0.2) is 4.79 Å². The number of unbranched alkanes of at least 4 members (excludes halogenated alkanes) is 2. The third-order valence-electron chi connectivity index (χ3n) is 4.51. The van der Waals surface area contributed by atoms with E-state index >= 15 is 0 Å². The Morgan fingerprint density at radius 1 is 0.727 bits per heavy atom. The molecule has 0 aromatic heterocycles. The van der Waals surface area contributed by atoms with Crippen LogP contribution >= 0.6 is 0 Å². The number of amides is 2. The van der Waals surface area contributed by atoms with Crippen LogP contribution in [0.4, 0.5) is 4.79 Å². The van der Waals surface area contributed by atoms with Gasteiger partial charge in [0.15, 0.2) is 0 Å². The molecule has 0 aliphatic carbocycles. The van der Waals surface area contributed by atoms with E-state index < -0.39 is 0 Å². The van der Waals surface area contributed by atoms with Crippen LogP contribution in [-0.2, 0) is 0 Å². The summed E-state index contributed by atoms with van der Waals surface area (Å²) in [5, 5.41) is 3.02. The Labute approximate surface area is 210 Å². The molecular weight excluding hydrogens is 408 g/mol. The number of carbonyl (C=O) groups is 1. The predicted octanol–water partition coefficient (Wildman–Crippen LogP) is 8.70. The highest BCUT2D eigenvalue weighted by atomic mass is 16.2. The Hall–Kier alpha value is -1.65. The second-order valence-electron chi connectivity index (χ2n) is 6.10. The maximum absolute atomic E-state index is 11.8. The van der Waals surface area contributed by atoms with E-state index in [2.05, 4.69) is 49.4 Å². The third kappa shape index (κ3) is 15.8. The SMILES string of the molecule is C/C=C\C.C=C1N(CC)C2NC(=O)N(CC)C2N1CC.CC.CC.CC.CC.CCCCC. The molecule has 2 fully saturated rings. The zero-order chi connectivity index (χ0) is 27.4. The van der Waals surface area contributed by atoms with Crippen molar-refractivity contribution in [2.75, 3.05) is 19.6 Å². The molecule has 0 aromatic rings. The molecule has 33 heavy (non-hydrogen) atoms. The fraction of sp³-hybridized carbons (Fsp3) is 0.821. The van der Waals surface area contributed by atoms with Gasteiger partial charge in [-0.15, -0.1) is 0 Å². The number of urea groups is 1. The molecule has 2 saturated heterocycles. The van der Waals surface area contributed by atoms with E-state index in [-0.39, 0.29) is 18.4 Å². The maximum atomic E-state index is 11.8. The molecule has 2 amide bonds. The minimum Gasteiger partial charge on any atom is -0.335 e. The highest BCUT2D eigenvalue weighted by molar-refractivity contribution is 5.77. The Bertz CT molecular complexity index is 416. The zero-order valence-electron chi connectivity index (χ0n) is 25.5. The molecule has 0 saturated carbocycles. The minimum absolute atomic E-state index is 0.0295. The van der Waals surface area contributed by atoms with Crippen molar-refractivity contribution in [1.82, 2.24) is 20.0 Å². The largest absolute Gasteiger partial charge is 0.335 e. The molecule has 2 heterocycles. The van der Waals surface area contributed by atoms with Gasteiger partial charge in [-0.2, -0.15) is 0 Å². The number of rotatable bonds is 5. The number of carbonyl (C=O) groups excluding carboxylic acids is 1. The first-order valence-corrected chi connectivity index (χ1v) is 13.8. The first-order valence-electron chi connectivity index (χ1n) is 13.8. The number of hydrogen-bond donors (Lipinski definition) is 1. The minimum atomic E-state index is 0.0295. The maximum Gasteiger partial charge on any atom is 0.320 e. The Morgan fingerprint density at radius 3 is 1.33 bits per heavy atom. The molecule has 2 atom stereocenters. The summed E-state index contributed by atoms with van der Waals surface area (Å²) in [6.07, 6.45) is 8.24. The molecule has 2 aliphatic rings. The fourth-order valence-electron chi connectivity index (χ4n) is 3.06. The van der Waals surface area contributed by atoms with Crippen LogP contribution in [-0.4, -0.2) is 52.7 Å². The van der Waals surface area contributed by atoms with E-state index in [1.807, 2.05) is 93.2 Å². The Kier molecular flexibility index (Phi) is 41.0. The van der Waals surface area contributed by atoms with Crippen molar-refractivity contribution >= 4 is 6.03 Å². The van der Waals surface area contributed by atoms with E-state index in [9.17, 15) is 4.79 Å². The van der Waals surface area contributed by atoms with E-state index in [1.165, 1.54) is 19.3 Å². The van der Waals surface area contributed by atoms with Crippen LogP contribution in [0.2, 0.25) is 0 Å². The van der Waals surface area contributed by atoms with Gasteiger partial charge in [0.25, 0.3) is 0 Å². The molecular formula is C28H64N4O. The van der Waals surface area contributed by atoms with Crippen LogP contribution in [0.1, 0.15) is 123 Å². The molecule has 2 rings (SSSR count). The summed E-state index contributed by atoms with van der Waals surface area (Å²) in [5.41, 5.74) is 0. The number of hydrogen-bond acceptors (Lipinski definition) is 3. The van der Waals surface area contributed by atoms with Crippen LogP contribution in [0.5, 0.6) is 0 Å². The highest BCUT2D eigenvalue weighted by Gasteiger charge is 2.50. The van der Waals surface area contributed by atoms with Gasteiger partial charge in [0.1, 0.15) is 12.3 Å². The lowest BCUT2D eigenvalue weighted by Crippen LogP contribution is -2.45. The van der Waals surface area contributed by atoms with Crippen molar-refractivity contribution in [2.24, 2.45) is 0 Å². The highest BCUT2D eigenvalue weighted by Crippen LogP contribution is 2.32. The van der Waals surface area contributed by atoms with Crippen LogP contribution in [0.25, 0.3) is 0 Å². The zero-order valence-corrected chi connectivity index (χ0v) is 25.5. The van der Waals surface area contributed by atoms with Gasteiger partial charge in [0, 0.05) is 19.6 Å². The average molecular weight is 473 g/mol. The van der Waals surface area contributed by atoms with Gasteiger partial charge in [0.05, 0.1) is 5.82 Å². The van der Waals surface area contributed by atoms with Crippen molar-refractivity contribution in [2.45, 2.75) is 135 Å². The van der Waals surface area contributed by atoms with E-state index in [4.69, 9.17) is 0 Å². The molecule has 2 unspecified atom stereocenters. The molecule has 0 bridgehead atoms. The topological polar surface area (TPSA) is 38.8 Å². The van der Waals surface area contributed by atoms with Gasteiger partial charge >= 0.3 is 6.03 Å². The molecule has 0 radical (unpaired) electrons. The molecule has 2 aliphatic heterocycles. The molecule has 5 nitrogen and oxygen atoms in total. The van der Waals surface area contributed by atoms with E-state index in [0.717, 1.165) is 25.5 Å². The second kappa shape index (κ2) is 32.5. The average Bonchev–Trinajstić information content (AvgIpc) is 3.34. The van der Waals surface area contributed by atoms with Crippen molar-refractivity contribution in [3.63, 3.8) is 0 Å². The van der Waals surface area contributed by atoms with Crippen LogP contribution in [0.15, 0.2) is 24.6 Å². The molecule has 0 spiro atoms. The molecule has 5 heteroatoms. The predicted molar refractivity (Wildman–Crippen MR) is 153 cm³/mol. The fourth-order valence-corrected chi connectivity index (χ4v) is 3.06. The summed E-state index contributed by atoms with van der Waals surface area (Å²) in [4.78, 5) is 18.0. The summed E-state index contributed by atoms with van der Waals surface area (Å²) in [5.74, 6) is 1.01.